The molecule has 0 atom stereocenters. The molecule has 31 heavy (non-hydrogen) atoms. The molecule has 1 N–H and O–H groups in total. The molecule has 0 spiro atoms. The molecule has 156 valence electrons. The smallest absolute Gasteiger partial charge is 0.251 e. The summed E-state index contributed by atoms with van der Waals surface area (Å²) in [5, 5.41) is 3.25. The Morgan fingerprint density at radius 3 is 2.29 bits per heavy atom. The van der Waals surface area contributed by atoms with Gasteiger partial charge in [0.15, 0.2) is 5.69 Å². The van der Waals surface area contributed by atoms with Crippen LogP contribution in [0.1, 0.15) is 46.4 Å². The van der Waals surface area contributed by atoms with Gasteiger partial charge in [-0.1, -0.05) is 48.5 Å². The molecule has 0 bridgehead atoms. The lowest BCUT2D eigenvalue weighted by molar-refractivity contribution is 0.0823. The van der Waals surface area contributed by atoms with E-state index >= 15 is 0 Å². The normalized spacial score (nSPS) is 14.3. The van der Waals surface area contributed by atoms with Crippen LogP contribution >= 0.6 is 0 Å². The Morgan fingerprint density at radius 1 is 1.10 bits per heavy atom. The van der Waals surface area contributed by atoms with Crippen molar-refractivity contribution in [2.75, 3.05) is 7.11 Å². The largest absolute Gasteiger partial charge is 0.481 e. The molecular weight excluding hydrogens is 386 g/mol. The van der Waals surface area contributed by atoms with E-state index in [2.05, 4.69) is 46.3 Å². The summed E-state index contributed by atoms with van der Waals surface area (Å²) in [5.41, 5.74) is 6.14. The number of aromatic nitrogens is 1. The Bertz CT molecular complexity index is 1130. The second kappa shape index (κ2) is 8.23. The first-order chi connectivity index (χ1) is 15.0. The van der Waals surface area contributed by atoms with E-state index in [1.54, 1.807) is 31.4 Å². The van der Waals surface area contributed by atoms with Crippen LogP contribution in [0.4, 0.5) is 5.69 Å². The average molecular weight is 412 g/mol. The molecule has 1 saturated carbocycles. The number of hydrogen-bond donors (Lipinski definition) is 1. The highest BCUT2D eigenvalue weighted by Crippen LogP contribution is 2.42. The fourth-order valence-corrected chi connectivity index (χ4v) is 4.29. The predicted octanol–water partition coefficient (Wildman–Crippen LogP) is 5.73. The molecule has 1 fully saturated rings. The van der Waals surface area contributed by atoms with Crippen LogP contribution in [-0.2, 0) is 5.54 Å². The van der Waals surface area contributed by atoms with Crippen LogP contribution in [0.2, 0.25) is 0 Å². The van der Waals surface area contributed by atoms with Gasteiger partial charge in [0, 0.05) is 22.9 Å². The van der Waals surface area contributed by atoms with E-state index in [-0.39, 0.29) is 11.4 Å². The molecule has 1 aliphatic carbocycles. The number of ether oxygens (including phenoxy) is 1. The lowest BCUT2D eigenvalue weighted by Gasteiger charge is -2.43. The summed E-state index contributed by atoms with van der Waals surface area (Å²) < 4.78 is 5.27. The number of benzene rings is 2. The maximum Gasteiger partial charge on any atom is 0.251 e. The maximum absolute atomic E-state index is 12.9. The molecule has 1 heterocycles. The number of amides is 1. The van der Waals surface area contributed by atoms with Gasteiger partial charge in [0.2, 0.25) is 5.88 Å². The van der Waals surface area contributed by atoms with Crippen LogP contribution in [0.25, 0.3) is 16.0 Å². The maximum atomic E-state index is 12.9. The van der Waals surface area contributed by atoms with E-state index in [1.807, 2.05) is 13.0 Å². The number of nitrogens with one attached hydrogen (secondary N) is 1. The van der Waals surface area contributed by atoms with Crippen LogP contribution in [-0.4, -0.2) is 18.0 Å². The molecular formula is C26H25N3O2. The van der Waals surface area contributed by atoms with Crippen molar-refractivity contribution < 1.29 is 9.53 Å². The zero-order chi connectivity index (χ0) is 22.0. The van der Waals surface area contributed by atoms with Crippen LogP contribution in [0.5, 0.6) is 5.88 Å². The molecule has 1 aliphatic rings. The standard InChI is InChI=1S/C26H25N3O2/c1-17-16-23(31-4)28-18(2)24(17)19-6-10-21(11-7-19)26(14-5-15-26)29-25(30)20-8-12-22(27-3)13-9-20/h6-13,16H,5,14-15H2,1-2,4H3,(H,29,30). The number of carbonyl (C=O) groups excluding carboxylic acids is 1. The van der Waals surface area contributed by atoms with Crippen molar-refractivity contribution in [3.05, 3.63) is 88.4 Å². The third-order valence-corrected chi connectivity index (χ3v) is 6.13. The van der Waals surface area contributed by atoms with Crippen molar-refractivity contribution in [2.45, 2.75) is 38.6 Å². The van der Waals surface area contributed by atoms with Crippen molar-refractivity contribution in [1.29, 1.82) is 0 Å². The summed E-state index contributed by atoms with van der Waals surface area (Å²) in [6.07, 6.45) is 2.92. The zero-order valence-electron chi connectivity index (χ0n) is 18.0. The van der Waals surface area contributed by atoms with Gasteiger partial charge >= 0.3 is 0 Å². The minimum atomic E-state index is -0.337. The quantitative estimate of drug-likeness (QED) is 0.545. The lowest BCUT2D eigenvalue weighted by atomic mass is 9.71. The molecule has 4 rings (SSSR count). The number of nitrogens with zero attached hydrogens (tertiary/aromatic N) is 2. The second-order valence-corrected chi connectivity index (χ2v) is 8.07. The van der Waals surface area contributed by atoms with E-state index in [9.17, 15) is 4.79 Å². The number of rotatable bonds is 5. The summed E-state index contributed by atoms with van der Waals surface area (Å²) in [6, 6.07) is 17.2. The number of methoxy groups -OCH3 is 1. The zero-order valence-corrected chi connectivity index (χ0v) is 18.0. The molecule has 1 amide bonds. The Morgan fingerprint density at radius 2 is 1.77 bits per heavy atom. The van der Waals surface area contributed by atoms with Gasteiger partial charge in [0.05, 0.1) is 19.2 Å². The van der Waals surface area contributed by atoms with Crippen LogP contribution in [0, 0.1) is 20.4 Å². The number of pyridine rings is 1. The molecule has 3 aromatic rings. The third kappa shape index (κ3) is 3.89. The van der Waals surface area contributed by atoms with Crippen molar-refractivity contribution >= 4 is 11.6 Å². The Labute approximate surface area is 182 Å². The first-order valence-electron chi connectivity index (χ1n) is 10.4. The molecule has 5 heteroatoms. The van der Waals surface area contributed by atoms with Crippen molar-refractivity contribution in [2.24, 2.45) is 0 Å². The van der Waals surface area contributed by atoms with E-state index in [4.69, 9.17) is 11.3 Å². The lowest BCUT2D eigenvalue weighted by Crippen LogP contribution is -2.50. The van der Waals surface area contributed by atoms with Crippen molar-refractivity contribution in [3.8, 4) is 17.0 Å². The van der Waals surface area contributed by atoms with Gasteiger partial charge in [-0.05, 0) is 49.8 Å². The Balaban J connectivity index is 1.58. The highest BCUT2D eigenvalue weighted by molar-refractivity contribution is 5.95. The van der Waals surface area contributed by atoms with Crippen molar-refractivity contribution in [1.82, 2.24) is 10.3 Å². The highest BCUT2D eigenvalue weighted by atomic mass is 16.5. The first kappa shape index (κ1) is 20.6. The van der Waals surface area contributed by atoms with E-state index in [0.29, 0.717) is 17.1 Å². The fourth-order valence-electron chi connectivity index (χ4n) is 4.29. The number of aryl methyl sites for hydroxylation is 2. The highest BCUT2D eigenvalue weighted by Gasteiger charge is 2.40. The first-order valence-corrected chi connectivity index (χ1v) is 10.4. The van der Waals surface area contributed by atoms with Crippen LogP contribution in [0.15, 0.2) is 54.6 Å². The average Bonchev–Trinajstić information content (AvgIpc) is 2.76. The minimum Gasteiger partial charge on any atom is -0.481 e. The third-order valence-electron chi connectivity index (χ3n) is 6.13. The van der Waals surface area contributed by atoms with Gasteiger partial charge in [0.1, 0.15) is 0 Å². The van der Waals surface area contributed by atoms with Gasteiger partial charge in [-0.25, -0.2) is 9.83 Å². The van der Waals surface area contributed by atoms with E-state index in [1.165, 1.54) is 0 Å². The number of hydrogen-bond acceptors (Lipinski definition) is 3. The van der Waals surface area contributed by atoms with Crippen LogP contribution in [0.3, 0.4) is 0 Å². The Kier molecular flexibility index (Phi) is 5.48. The van der Waals surface area contributed by atoms with Gasteiger partial charge in [-0.2, -0.15) is 0 Å². The van der Waals surface area contributed by atoms with Gasteiger partial charge in [-0.15, -0.1) is 0 Å². The fraction of sp³-hybridized carbons (Fsp3) is 0.269. The summed E-state index contributed by atoms with van der Waals surface area (Å²) in [6.45, 7) is 11.1. The second-order valence-electron chi connectivity index (χ2n) is 8.07. The van der Waals surface area contributed by atoms with E-state index < -0.39 is 0 Å². The molecule has 0 radical (unpaired) electrons. The summed E-state index contributed by atoms with van der Waals surface area (Å²) in [5.74, 6) is 0.516. The minimum absolute atomic E-state index is 0.105. The van der Waals surface area contributed by atoms with Gasteiger partial charge in [-0.3, -0.25) is 4.79 Å². The van der Waals surface area contributed by atoms with Gasteiger partial charge < -0.3 is 10.1 Å². The molecule has 0 saturated heterocycles. The predicted molar refractivity (Wildman–Crippen MR) is 121 cm³/mol. The van der Waals surface area contributed by atoms with Crippen molar-refractivity contribution in [3.63, 3.8) is 0 Å². The van der Waals surface area contributed by atoms with Crippen LogP contribution < -0.4 is 10.1 Å². The SMILES string of the molecule is [C-]#[N+]c1ccc(C(=O)NC2(c3ccc(-c4c(C)cc(OC)nc4C)cc3)CCC2)cc1. The molecule has 1 aromatic heterocycles. The molecule has 0 aliphatic heterocycles. The summed E-state index contributed by atoms with van der Waals surface area (Å²) in [7, 11) is 1.63. The Hall–Kier alpha value is -3.65. The summed E-state index contributed by atoms with van der Waals surface area (Å²) >= 11 is 0. The topological polar surface area (TPSA) is 55.6 Å². The van der Waals surface area contributed by atoms with Gasteiger partial charge in [0.25, 0.3) is 5.91 Å². The molecule has 2 aromatic carbocycles. The molecule has 5 nitrogen and oxygen atoms in total. The van der Waals surface area contributed by atoms with E-state index in [0.717, 1.165) is 47.2 Å². The number of carbonyl (C=O) groups is 1. The molecule has 0 unspecified atom stereocenters. The monoisotopic (exact) mass is 411 g/mol. The summed E-state index contributed by atoms with van der Waals surface area (Å²) in [4.78, 5) is 20.8.